The van der Waals surface area contributed by atoms with E-state index in [1.54, 1.807) is 0 Å². The zero-order chi connectivity index (χ0) is 37.5. The molecule has 6 nitrogen and oxygen atoms in total. The number of carbonyl (C=O) groups excluding carboxylic acids is 1. The number of benzene rings is 2. The molecule has 0 amide bonds. The quantitative estimate of drug-likeness (QED) is 0.145. The van der Waals surface area contributed by atoms with Crippen molar-refractivity contribution >= 4 is 57.8 Å². The van der Waals surface area contributed by atoms with Crippen LogP contribution in [0.1, 0.15) is 104 Å². The molecule has 4 aromatic rings. The number of carbonyl (C=O) groups is 2. The fourth-order valence-corrected chi connectivity index (χ4v) is 9.67. The molecule has 4 heterocycles. The van der Waals surface area contributed by atoms with E-state index in [2.05, 4.69) is 39.9 Å². The summed E-state index contributed by atoms with van der Waals surface area (Å²) in [6.45, 7) is 13.8. The van der Waals surface area contributed by atoms with Gasteiger partial charge in [0, 0.05) is 62.9 Å². The monoisotopic (exact) mass is 818 g/mol. The van der Waals surface area contributed by atoms with Crippen molar-refractivity contribution in [2.45, 2.75) is 98.3 Å². The summed E-state index contributed by atoms with van der Waals surface area (Å²) in [5.41, 5.74) is 3.92. The molecule has 3 atom stereocenters. The molecular formula is C42H53Cl3N2O4S2. The molecule has 0 saturated heterocycles. The Morgan fingerprint density at radius 2 is 1.43 bits per heavy atom. The lowest BCUT2D eigenvalue weighted by Crippen LogP contribution is -3.12. The largest absolute Gasteiger partial charge is 1.00 e. The van der Waals surface area contributed by atoms with Crippen molar-refractivity contribution in [3.8, 4) is 0 Å². The van der Waals surface area contributed by atoms with Crippen LogP contribution in [0.3, 0.4) is 0 Å². The number of fused-ring (bicyclic) bond motifs is 2. The van der Waals surface area contributed by atoms with Crippen LogP contribution in [-0.2, 0) is 40.3 Å². The lowest BCUT2D eigenvalue weighted by atomic mass is 9.84. The highest BCUT2D eigenvalue weighted by Crippen LogP contribution is 2.39. The van der Waals surface area contributed by atoms with E-state index < -0.39 is 16.8 Å². The van der Waals surface area contributed by atoms with Gasteiger partial charge in [-0.15, -0.1) is 22.7 Å². The van der Waals surface area contributed by atoms with Gasteiger partial charge in [-0.25, -0.2) is 0 Å². The average Bonchev–Trinajstić information content (AvgIpc) is 3.79. The Bertz CT molecular complexity index is 1810. The van der Waals surface area contributed by atoms with E-state index in [1.807, 2.05) is 93.7 Å². The van der Waals surface area contributed by atoms with E-state index in [0.29, 0.717) is 13.0 Å². The van der Waals surface area contributed by atoms with Gasteiger partial charge >= 0.3 is 11.9 Å². The summed E-state index contributed by atoms with van der Waals surface area (Å²) in [7, 11) is 0. The molecule has 2 aromatic heterocycles. The number of carboxylic acids is 1. The molecule has 0 aliphatic carbocycles. The summed E-state index contributed by atoms with van der Waals surface area (Å²) in [5, 5.41) is 15.4. The predicted octanol–water partition coefficient (Wildman–Crippen LogP) is 6.85. The highest BCUT2D eigenvalue weighted by molar-refractivity contribution is 7.10. The topological polar surface area (TPSA) is 71.3 Å². The second-order valence-electron chi connectivity index (χ2n) is 15.3. The predicted molar refractivity (Wildman–Crippen MR) is 215 cm³/mol. The number of esters is 1. The molecule has 11 heteroatoms. The number of aliphatic carboxylic acids is 1. The Kier molecular flexibility index (Phi) is 15.9. The highest BCUT2D eigenvalue weighted by Gasteiger charge is 2.35. The maximum Gasteiger partial charge on any atom is 0.311 e. The summed E-state index contributed by atoms with van der Waals surface area (Å²) in [5.74, 6) is -0.860. The van der Waals surface area contributed by atoms with Crippen molar-refractivity contribution in [2.75, 3.05) is 19.7 Å². The molecule has 2 N–H and O–H groups in total. The Morgan fingerprint density at radius 3 is 2.06 bits per heavy atom. The van der Waals surface area contributed by atoms with Crippen LogP contribution in [0, 0.1) is 10.8 Å². The van der Waals surface area contributed by atoms with E-state index in [9.17, 15) is 14.7 Å². The van der Waals surface area contributed by atoms with E-state index >= 15 is 0 Å². The Balaban J connectivity index is 0.000000233. The molecule has 2 aliphatic rings. The second-order valence-corrected chi connectivity index (χ2v) is 18.1. The summed E-state index contributed by atoms with van der Waals surface area (Å²) in [6, 6.07) is 21.0. The molecule has 53 heavy (non-hydrogen) atoms. The maximum atomic E-state index is 12.3. The number of quaternary nitrogens is 1. The first-order valence-corrected chi connectivity index (χ1v) is 20.9. The number of hydrogen-bond donors (Lipinski definition) is 2. The normalized spacial score (nSPS) is 16.9. The van der Waals surface area contributed by atoms with Crippen molar-refractivity contribution in [3.63, 3.8) is 0 Å². The van der Waals surface area contributed by atoms with Gasteiger partial charge in [-0.3, -0.25) is 14.5 Å². The molecule has 0 bridgehead atoms. The van der Waals surface area contributed by atoms with Gasteiger partial charge < -0.3 is 27.2 Å². The first-order valence-electron chi connectivity index (χ1n) is 18.4. The van der Waals surface area contributed by atoms with Gasteiger partial charge in [0.2, 0.25) is 0 Å². The number of nitrogens with zero attached hydrogens (tertiary/aromatic N) is 1. The fourth-order valence-electron chi connectivity index (χ4n) is 7.34. The van der Waals surface area contributed by atoms with Gasteiger partial charge in [-0.2, -0.15) is 0 Å². The molecular weight excluding hydrogens is 767 g/mol. The molecule has 288 valence electrons. The van der Waals surface area contributed by atoms with Gasteiger partial charge in [0.1, 0.15) is 12.6 Å². The zero-order valence-corrected chi connectivity index (χ0v) is 35.3. The van der Waals surface area contributed by atoms with E-state index in [1.165, 1.54) is 25.8 Å². The van der Waals surface area contributed by atoms with Gasteiger partial charge in [-0.1, -0.05) is 59.6 Å². The van der Waals surface area contributed by atoms with Gasteiger partial charge in [-0.05, 0) is 106 Å². The van der Waals surface area contributed by atoms with Crippen molar-refractivity contribution in [2.24, 2.45) is 10.8 Å². The van der Waals surface area contributed by atoms with E-state index in [4.69, 9.17) is 27.9 Å². The minimum absolute atomic E-state index is 0. The number of carboxylic acid groups (broad SMARTS) is 1. The summed E-state index contributed by atoms with van der Waals surface area (Å²) >= 11 is 16.8. The number of ether oxygens (including phenoxy) is 1. The van der Waals surface area contributed by atoms with Gasteiger partial charge in [0.25, 0.3) is 0 Å². The molecule has 2 aliphatic heterocycles. The molecule has 3 unspecified atom stereocenters. The molecule has 0 fully saturated rings. The van der Waals surface area contributed by atoms with Gasteiger partial charge in [0.15, 0.2) is 0 Å². The Labute approximate surface area is 339 Å². The van der Waals surface area contributed by atoms with E-state index in [-0.39, 0.29) is 30.5 Å². The third kappa shape index (κ3) is 11.1. The van der Waals surface area contributed by atoms with Crippen LogP contribution < -0.4 is 17.3 Å². The standard InChI is InChI=1S/C22H28ClNO2S.C20H24ClNO2S.ClH/c1-4-26-21(25)22(2,3)12-9-19(17-7-5-6-8-18(17)23)24-13-10-20-16(15-24)11-14-27-20;1-20(2,19(23)24)10-7-17(15-5-3-4-6-16(15)21)22-11-8-18-14(13-22)9-12-25-18;/h5-8,11,14,19H,4,9-10,12-13,15H2,1-3H3;3-6,9,12,17H,7-8,10-11,13H2,1-2H3,(H,23,24);1H. The van der Waals surface area contributed by atoms with Crippen molar-refractivity contribution in [3.05, 3.63) is 113 Å². The van der Waals surface area contributed by atoms with Crippen molar-refractivity contribution in [1.29, 1.82) is 0 Å². The zero-order valence-electron chi connectivity index (χ0n) is 31.4. The second kappa shape index (κ2) is 19.4. The summed E-state index contributed by atoms with van der Waals surface area (Å²) < 4.78 is 5.27. The van der Waals surface area contributed by atoms with Crippen LogP contribution >= 0.6 is 45.9 Å². The Morgan fingerprint density at radius 1 is 0.849 bits per heavy atom. The summed E-state index contributed by atoms with van der Waals surface area (Å²) in [4.78, 5) is 30.8. The SMILES string of the molecule is CC(C)(CCC(c1ccccc1Cl)[NH+]1CCc2sccc2C1)C(=O)O.CCOC(=O)C(C)(C)CCC(c1ccccc1Cl)N1CCc2sccc2C1.[Cl-]. The van der Waals surface area contributed by atoms with E-state index in [0.717, 1.165) is 79.5 Å². The van der Waals surface area contributed by atoms with Crippen molar-refractivity contribution in [1.82, 2.24) is 4.90 Å². The number of thiophene rings is 2. The molecule has 0 saturated carbocycles. The summed E-state index contributed by atoms with van der Waals surface area (Å²) in [6.07, 6.45) is 5.25. The van der Waals surface area contributed by atoms with Crippen LogP contribution in [0.5, 0.6) is 0 Å². The van der Waals surface area contributed by atoms with Crippen molar-refractivity contribution < 1.29 is 36.7 Å². The van der Waals surface area contributed by atoms with Gasteiger partial charge in [0.05, 0.1) is 24.0 Å². The molecule has 6 rings (SSSR count). The minimum Gasteiger partial charge on any atom is -1.00 e. The van der Waals surface area contributed by atoms with Crippen LogP contribution in [0.15, 0.2) is 71.4 Å². The average molecular weight is 820 g/mol. The molecule has 0 radical (unpaired) electrons. The van der Waals surface area contributed by atoms with Crippen LogP contribution in [-0.4, -0.2) is 41.6 Å². The number of rotatable bonds is 13. The first kappa shape index (κ1) is 43.3. The number of halogens is 3. The first-order chi connectivity index (χ1) is 24.8. The van der Waals surface area contributed by atoms with Crippen LogP contribution in [0.2, 0.25) is 10.0 Å². The Hall–Kier alpha value is -2.43. The number of nitrogens with one attached hydrogen (secondary N) is 1. The number of hydrogen-bond acceptors (Lipinski definition) is 6. The third-order valence-corrected chi connectivity index (χ3v) is 13.5. The lowest BCUT2D eigenvalue weighted by Gasteiger charge is -2.36. The van der Waals surface area contributed by atoms with Crippen LogP contribution in [0.25, 0.3) is 0 Å². The third-order valence-electron chi connectivity index (χ3n) is 10.8. The fraction of sp³-hybridized carbons (Fsp3) is 0.476. The molecule has 2 aromatic carbocycles. The lowest BCUT2D eigenvalue weighted by molar-refractivity contribution is -0.947. The minimum atomic E-state index is -0.737. The van der Waals surface area contributed by atoms with Crippen LogP contribution in [0.4, 0.5) is 0 Å². The molecule has 0 spiro atoms. The smallest absolute Gasteiger partial charge is 0.311 e. The highest BCUT2D eigenvalue weighted by atomic mass is 35.5. The maximum absolute atomic E-state index is 12.3.